The van der Waals surface area contributed by atoms with Gasteiger partial charge in [0.2, 0.25) is 0 Å². The van der Waals surface area contributed by atoms with Gasteiger partial charge in [0.25, 0.3) is 0 Å². The Morgan fingerprint density at radius 1 is 1.25 bits per heavy atom. The van der Waals surface area contributed by atoms with Crippen LogP contribution in [0.4, 0.5) is 0 Å². The maximum absolute atomic E-state index is 1.71. The van der Waals surface area contributed by atoms with Gasteiger partial charge in [0.1, 0.15) is 0 Å². The zero-order valence-electron chi connectivity index (χ0n) is 2.83. The molecule has 0 N–H and O–H groups in total. The average molecular weight is 163 g/mol. The van der Waals surface area contributed by atoms with E-state index < -0.39 is 0 Å². The molecule has 0 nitrogen and oxygen atoms in total. The SMILES string of the molecule is C1[CH2][SnH2][CH2]1. The van der Waals surface area contributed by atoms with E-state index in [9.17, 15) is 0 Å². The summed E-state index contributed by atoms with van der Waals surface area (Å²) >= 11 is 0.147. The molecule has 0 saturated carbocycles. The van der Waals surface area contributed by atoms with Gasteiger partial charge in [-0.3, -0.25) is 0 Å². The van der Waals surface area contributed by atoms with Crippen LogP contribution in [0.2, 0.25) is 8.87 Å². The predicted octanol–water partition coefficient (Wildman–Crippen LogP) is 0.395. The molecule has 0 aromatic carbocycles. The third-order valence-corrected chi connectivity index (χ3v) is 6.71. The molecule has 1 heteroatoms. The van der Waals surface area contributed by atoms with Gasteiger partial charge < -0.3 is 0 Å². The van der Waals surface area contributed by atoms with E-state index in [-0.39, 0.29) is 21.1 Å². The van der Waals surface area contributed by atoms with E-state index in [0.29, 0.717) is 0 Å². The van der Waals surface area contributed by atoms with Crippen molar-refractivity contribution in [1.29, 1.82) is 0 Å². The third-order valence-electron chi connectivity index (χ3n) is 1.000. The van der Waals surface area contributed by atoms with Crippen LogP contribution in [0.1, 0.15) is 6.42 Å². The predicted molar refractivity (Wildman–Crippen MR) is 22.8 cm³/mol. The Kier molecular flexibility index (Phi) is 0.971. The minimum absolute atomic E-state index is 0.147. The molecular weight excluding hydrogens is 155 g/mol. The van der Waals surface area contributed by atoms with Gasteiger partial charge in [0.15, 0.2) is 0 Å². The molecule has 0 bridgehead atoms. The van der Waals surface area contributed by atoms with Crippen LogP contribution >= 0.6 is 0 Å². The maximum atomic E-state index is 1.71. The van der Waals surface area contributed by atoms with E-state index >= 15 is 0 Å². The second-order valence-electron chi connectivity index (χ2n) is 1.41. The fourth-order valence-electron chi connectivity index (χ4n) is 0.250. The van der Waals surface area contributed by atoms with Gasteiger partial charge in [-0.25, -0.2) is 0 Å². The zero-order valence-corrected chi connectivity index (χ0v) is 6.86. The molecule has 1 fully saturated rings. The van der Waals surface area contributed by atoms with Crippen LogP contribution in [-0.4, -0.2) is 21.1 Å². The standard InChI is InChI=1S/C3H6.Sn.2H/c1-3-2;;;/h1-3H2;;;. The first kappa shape index (κ1) is 3.01. The topological polar surface area (TPSA) is 0 Å². The van der Waals surface area contributed by atoms with Crippen LogP contribution in [-0.2, 0) is 0 Å². The van der Waals surface area contributed by atoms with Crippen molar-refractivity contribution >= 4 is 21.1 Å². The summed E-state index contributed by atoms with van der Waals surface area (Å²) in [5.74, 6) is 0. The third kappa shape index (κ3) is 0.393. The van der Waals surface area contributed by atoms with Crippen molar-refractivity contribution in [2.45, 2.75) is 15.3 Å². The van der Waals surface area contributed by atoms with Crippen LogP contribution in [0.15, 0.2) is 0 Å². The Hall–Kier alpha value is 0.799. The molecule has 24 valence electrons. The van der Waals surface area contributed by atoms with Crippen molar-refractivity contribution < 1.29 is 0 Å². The molecular formula is C3H8Sn. The first-order valence-corrected chi connectivity index (χ1v) is 7.71. The summed E-state index contributed by atoms with van der Waals surface area (Å²) in [5.41, 5.74) is 0. The summed E-state index contributed by atoms with van der Waals surface area (Å²) < 4.78 is 3.42. The first-order chi connectivity index (χ1) is 2.00. The van der Waals surface area contributed by atoms with E-state index in [2.05, 4.69) is 0 Å². The fourth-order valence-corrected chi connectivity index (χ4v) is 1.68. The van der Waals surface area contributed by atoms with E-state index in [1.165, 1.54) is 0 Å². The van der Waals surface area contributed by atoms with Crippen molar-refractivity contribution in [1.82, 2.24) is 0 Å². The van der Waals surface area contributed by atoms with E-state index in [0.717, 1.165) is 0 Å². The average Bonchev–Trinajstić information content (AvgIpc) is 0.722. The summed E-state index contributed by atoms with van der Waals surface area (Å²) in [7, 11) is 0. The molecule has 0 amide bonds. The number of hydrogen-bond donors (Lipinski definition) is 0. The molecule has 0 aliphatic carbocycles. The molecule has 0 aromatic rings. The van der Waals surface area contributed by atoms with Crippen LogP contribution in [0, 0.1) is 0 Å². The second kappa shape index (κ2) is 1.29. The molecule has 1 aliphatic heterocycles. The van der Waals surface area contributed by atoms with Crippen molar-refractivity contribution in [3.8, 4) is 0 Å². The number of rotatable bonds is 0. The fraction of sp³-hybridized carbons (Fsp3) is 1.00. The second-order valence-corrected chi connectivity index (χ2v) is 7.47. The van der Waals surface area contributed by atoms with E-state index in [1.807, 2.05) is 0 Å². The molecule has 4 heavy (non-hydrogen) atoms. The molecule has 1 aliphatic rings. The number of hydrogen-bond acceptors (Lipinski definition) is 0. The molecule has 1 saturated heterocycles. The van der Waals surface area contributed by atoms with Crippen LogP contribution in [0.5, 0.6) is 0 Å². The zero-order chi connectivity index (χ0) is 2.83. The van der Waals surface area contributed by atoms with Gasteiger partial charge in [-0.05, 0) is 0 Å². The Morgan fingerprint density at radius 2 is 1.50 bits per heavy atom. The Bertz CT molecular complexity index is 11.2. The molecule has 0 atom stereocenters. The summed E-state index contributed by atoms with van der Waals surface area (Å²) in [6, 6.07) is 0. The Labute approximate surface area is 36.8 Å². The minimum atomic E-state index is 0.147. The van der Waals surface area contributed by atoms with Gasteiger partial charge >= 0.3 is 36.4 Å². The van der Waals surface area contributed by atoms with Crippen LogP contribution < -0.4 is 0 Å². The van der Waals surface area contributed by atoms with Crippen molar-refractivity contribution in [3.63, 3.8) is 0 Å². The van der Waals surface area contributed by atoms with Gasteiger partial charge in [-0.1, -0.05) is 0 Å². The monoisotopic (exact) mass is 164 g/mol. The molecule has 1 rings (SSSR count). The van der Waals surface area contributed by atoms with E-state index in [4.69, 9.17) is 0 Å². The van der Waals surface area contributed by atoms with Gasteiger partial charge in [0.05, 0.1) is 0 Å². The normalized spacial score (nSPS) is 24.0. The Balaban J connectivity index is 2.00. The van der Waals surface area contributed by atoms with Crippen LogP contribution in [0.3, 0.4) is 0 Å². The molecule has 0 unspecified atom stereocenters. The first-order valence-electron chi connectivity index (χ1n) is 2.00. The summed E-state index contributed by atoms with van der Waals surface area (Å²) in [4.78, 5) is 0. The Morgan fingerprint density at radius 3 is 1.50 bits per heavy atom. The summed E-state index contributed by atoms with van der Waals surface area (Å²) in [6.07, 6.45) is 1.59. The summed E-state index contributed by atoms with van der Waals surface area (Å²) in [5, 5.41) is 0. The van der Waals surface area contributed by atoms with Crippen molar-refractivity contribution in [3.05, 3.63) is 0 Å². The molecule has 0 spiro atoms. The quantitative estimate of drug-likeness (QED) is 0.453. The summed E-state index contributed by atoms with van der Waals surface area (Å²) in [6.45, 7) is 0. The van der Waals surface area contributed by atoms with Crippen molar-refractivity contribution in [2.24, 2.45) is 0 Å². The molecule has 0 radical (unpaired) electrons. The van der Waals surface area contributed by atoms with Gasteiger partial charge in [-0.15, -0.1) is 0 Å². The van der Waals surface area contributed by atoms with Gasteiger partial charge in [-0.2, -0.15) is 0 Å². The molecule has 0 aromatic heterocycles. The van der Waals surface area contributed by atoms with Crippen molar-refractivity contribution in [2.75, 3.05) is 0 Å². The van der Waals surface area contributed by atoms with E-state index in [1.54, 1.807) is 15.3 Å². The van der Waals surface area contributed by atoms with Gasteiger partial charge in [0, 0.05) is 0 Å². The molecule has 1 heterocycles. The van der Waals surface area contributed by atoms with Crippen LogP contribution in [0.25, 0.3) is 0 Å².